The van der Waals surface area contributed by atoms with E-state index in [-0.39, 0.29) is 17.0 Å². The standard InChI is InChI=1S/C26H56NO.BrH/c1-4-7-10-11-12-13-14-15-16-17-18-19-20-21-24-27(25-26-28,22-8-5-2)23-9-6-3;/h28H,4-26H2,1-3H3;1H/q+1;/p-1. The fraction of sp³-hybridized carbons (Fsp3) is 1.00. The molecule has 0 amide bonds. The number of halogens is 1. The topological polar surface area (TPSA) is 20.2 Å². The predicted octanol–water partition coefficient (Wildman–Crippen LogP) is 4.88. The molecule has 0 aliphatic heterocycles. The molecule has 0 unspecified atom stereocenters. The summed E-state index contributed by atoms with van der Waals surface area (Å²) < 4.78 is 1.18. The van der Waals surface area contributed by atoms with Crippen LogP contribution in [0.15, 0.2) is 0 Å². The van der Waals surface area contributed by atoms with Crippen molar-refractivity contribution in [2.24, 2.45) is 0 Å². The monoisotopic (exact) mass is 477 g/mol. The minimum Gasteiger partial charge on any atom is -1.00 e. The largest absolute Gasteiger partial charge is 1.00 e. The lowest BCUT2D eigenvalue weighted by Gasteiger charge is -2.38. The van der Waals surface area contributed by atoms with Crippen LogP contribution in [0.1, 0.15) is 136 Å². The highest BCUT2D eigenvalue weighted by Crippen LogP contribution is 2.17. The zero-order valence-electron chi connectivity index (χ0n) is 20.5. The molecule has 0 aromatic carbocycles. The zero-order valence-corrected chi connectivity index (χ0v) is 22.1. The number of rotatable bonds is 23. The molecule has 0 saturated heterocycles. The van der Waals surface area contributed by atoms with Crippen molar-refractivity contribution in [3.63, 3.8) is 0 Å². The Morgan fingerprint density at radius 1 is 0.414 bits per heavy atom. The molecule has 0 saturated carbocycles. The molecule has 0 aromatic rings. The van der Waals surface area contributed by atoms with Gasteiger partial charge in [0, 0.05) is 0 Å². The summed E-state index contributed by atoms with van der Waals surface area (Å²) in [5, 5.41) is 9.60. The molecule has 1 N–H and O–H groups in total. The molecular formula is C26H56BrNO. The van der Waals surface area contributed by atoms with Gasteiger partial charge in [0.05, 0.1) is 26.2 Å². The van der Waals surface area contributed by atoms with Crippen molar-refractivity contribution < 1.29 is 26.6 Å². The van der Waals surface area contributed by atoms with E-state index in [1.807, 2.05) is 0 Å². The fourth-order valence-corrected chi connectivity index (χ4v) is 4.51. The van der Waals surface area contributed by atoms with Crippen molar-refractivity contribution in [2.75, 3.05) is 32.8 Å². The number of aliphatic hydroxyl groups is 1. The van der Waals surface area contributed by atoms with Gasteiger partial charge >= 0.3 is 0 Å². The van der Waals surface area contributed by atoms with Gasteiger partial charge < -0.3 is 26.6 Å². The molecule has 0 atom stereocenters. The minimum absolute atomic E-state index is 0. The normalized spacial score (nSPS) is 11.6. The maximum absolute atomic E-state index is 9.60. The van der Waals surface area contributed by atoms with E-state index in [0.717, 1.165) is 6.54 Å². The third kappa shape index (κ3) is 20.1. The van der Waals surface area contributed by atoms with Crippen LogP contribution < -0.4 is 17.0 Å². The van der Waals surface area contributed by atoms with Gasteiger partial charge in [-0.2, -0.15) is 0 Å². The molecule has 0 fully saturated rings. The van der Waals surface area contributed by atoms with Crippen LogP contribution in [0.4, 0.5) is 0 Å². The molecule has 29 heavy (non-hydrogen) atoms. The first-order chi connectivity index (χ1) is 13.7. The molecule has 0 bridgehead atoms. The molecule has 2 nitrogen and oxygen atoms in total. The van der Waals surface area contributed by atoms with Crippen molar-refractivity contribution in [3.8, 4) is 0 Å². The summed E-state index contributed by atoms with van der Waals surface area (Å²) in [4.78, 5) is 0. The van der Waals surface area contributed by atoms with Gasteiger partial charge in [0.2, 0.25) is 0 Å². The predicted molar refractivity (Wildman–Crippen MR) is 127 cm³/mol. The van der Waals surface area contributed by atoms with Gasteiger partial charge in [0.15, 0.2) is 0 Å². The lowest BCUT2D eigenvalue weighted by atomic mass is 10.0. The van der Waals surface area contributed by atoms with Crippen molar-refractivity contribution in [1.29, 1.82) is 0 Å². The number of quaternary nitrogens is 1. The number of nitrogens with zero attached hydrogens (tertiary/aromatic N) is 1. The molecule has 0 rings (SSSR count). The van der Waals surface area contributed by atoms with Crippen molar-refractivity contribution in [3.05, 3.63) is 0 Å². The van der Waals surface area contributed by atoms with E-state index in [0.29, 0.717) is 6.61 Å². The van der Waals surface area contributed by atoms with Gasteiger partial charge in [-0.1, -0.05) is 111 Å². The van der Waals surface area contributed by atoms with Crippen molar-refractivity contribution in [1.82, 2.24) is 0 Å². The van der Waals surface area contributed by atoms with Gasteiger partial charge in [-0.25, -0.2) is 0 Å². The van der Waals surface area contributed by atoms with Gasteiger partial charge in [0.1, 0.15) is 6.54 Å². The second-order valence-electron chi connectivity index (χ2n) is 9.26. The molecule has 0 spiro atoms. The number of hydrogen-bond donors (Lipinski definition) is 1. The van der Waals surface area contributed by atoms with Crippen LogP contribution in [-0.2, 0) is 0 Å². The van der Waals surface area contributed by atoms with Crippen LogP contribution in [0.25, 0.3) is 0 Å². The highest BCUT2D eigenvalue weighted by Gasteiger charge is 2.24. The van der Waals surface area contributed by atoms with E-state index >= 15 is 0 Å². The van der Waals surface area contributed by atoms with E-state index in [4.69, 9.17) is 0 Å². The van der Waals surface area contributed by atoms with Gasteiger partial charge in [-0.15, -0.1) is 0 Å². The van der Waals surface area contributed by atoms with Crippen LogP contribution in [-0.4, -0.2) is 42.4 Å². The van der Waals surface area contributed by atoms with E-state index < -0.39 is 0 Å². The van der Waals surface area contributed by atoms with Crippen LogP contribution in [0.2, 0.25) is 0 Å². The van der Waals surface area contributed by atoms with Crippen LogP contribution in [0.3, 0.4) is 0 Å². The third-order valence-electron chi connectivity index (χ3n) is 6.53. The Bertz CT molecular complexity index is 290. The average Bonchev–Trinajstić information content (AvgIpc) is 2.71. The Morgan fingerprint density at radius 2 is 0.724 bits per heavy atom. The van der Waals surface area contributed by atoms with Gasteiger partial charge in [-0.3, -0.25) is 0 Å². The molecule has 0 aromatic heterocycles. The first-order valence-corrected chi connectivity index (χ1v) is 13.2. The van der Waals surface area contributed by atoms with Crippen LogP contribution >= 0.6 is 0 Å². The summed E-state index contributed by atoms with van der Waals surface area (Å²) in [7, 11) is 0. The lowest BCUT2D eigenvalue weighted by molar-refractivity contribution is -0.929. The molecular weight excluding hydrogens is 422 g/mol. The SMILES string of the molecule is CCCCCCCCCCCCCCCC[N+](CCO)(CCCC)CCCC.[Br-]. The van der Waals surface area contributed by atoms with Crippen molar-refractivity contribution in [2.45, 2.75) is 136 Å². The highest BCUT2D eigenvalue weighted by molar-refractivity contribution is 4.52. The zero-order chi connectivity index (χ0) is 20.8. The summed E-state index contributed by atoms with van der Waals surface area (Å²) in [6.45, 7) is 12.0. The van der Waals surface area contributed by atoms with E-state index in [1.165, 1.54) is 140 Å². The summed E-state index contributed by atoms with van der Waals surface area (Å²) in [6.07, 6.45) is 25.2. The summed E-state index contributed by atoms with van der Waals surface area (Å²) in [5.41, 5.74) is 0. The smallest absolute Gasteiger partial charge is 0.102 e. The Hall–Kier alpha value is 0.400. The fourth-order valence-electron chi connectivity index (χ4n) is 4.51. The highest BCUT2D eigenvalue weighted by atomic mass is 79.9. The maximum Gasteiger partial charge on any atom is 0.102 e. The Kier molecular flexibility index (Phi) is 26.9. The van der Waals surface area contributed by atoms with Crippen LogP contribution in [0.5, 0.6) is 0 Å². The molecule has 3 heteroatoms. The van der Waals surface area contributed by atoms with Crippen LogP contribution in [0, 0.1) is 0 Å². The van der Waals surface area contributed by atoms with Gasteiger partial charge in [0.25, 0.3) is 0 Å². The lowest BCUT2D eigenvalue weighted by Crippen LogP contribution is -3.00. The average molecular weight is 479 g/mol. The van der Waals surface area contributed by atoms with E-state index in [1.54, 1.807) is 0 Å². The number of aliphatic hydroxyl groups excluding tert-OH is 1. The third-order valence-corrected chi connectivity index (χ3v) is 6.53. The number of hydrogen-bond acceptors (Lipinski definition) is 1. The summed E-state index contributed by atoms with van der Waals surface area (Å²) in [5.74, 6) is 0. The minimum atomic E-state index is 0. The maximum atomic E-state index is 9.60. The van der Waals surface area contributed by atoms with E-state index in [9.17, 15) is 5.11 Å². The Morgan fingerprint density at radius 3 is 1.07 bits per heavy atom. The summed E-state index contributed by atoms with van der Waals surface area (Å²) >= 11 is 0. The quantitative estimate of drug-likeness (QED) is 0.164. The molecule has 178 valence electrons. The molecule has 0 heterocycles. The first kappa shape index (κ1) is 31.6. The molecule has 0 aliphatic rings. The second-order valence-corrected chi connectivity index (χ2v) is 9.26. The number of unbranched alkanes of at least 4 members (excludes halogenated alkanes) is 15. The second kappa shape index (κ2) is 24.7. The molecule has 0 aliphatic carbocycles. The Labute approximate surface area is 195 Å². The Balaban J connectivity index is 0. The first-order valence-electron chi connectivity index (χ1n) is 13.2. The van der Waals surface area contributed by atoms with E-state index in [2.05, 4.69) is 20.8 Å². The van der Waals surface area contributed by atoms with Gasteiger partial charge in [-0.05, 0) is 25.7 Å². The molecule has 0 radical (unpaired) electrons. The summed E-state index contributed by atoms with van der Waals surface area (Å²) in [6, 6.07) is 0. The van der Waals surface area contributed by atoms with Crippen molar-refractivity contribution >= 4 is 0 Å².